The smallest absolute Gasteiger partial charge is 0.120 e. The Balaban J connectivity index is 1.01. The Morgan fingerprint density at radius 2 is 1.47 bits per heavy atom. The number of imidazole rings is 1. The third kappa shape index (κ3) is 6.56. The highest BCUT2D eigenvalue weighted by Crippen LogP contribution is 2.42. The first-order valence-electron chi connectivity index (χ1n) is 15.0. The van der Waals surface area contributed by atoms with Crippen LogP contribution in [-0.4, -0.2) is 56.9 Å². The SMILES string of the molecule is c1ccc(CN(Cc2ccc(CN3CCC4(CCN(C5CCCCC5)CC4)C3)cc2)Cc2ncc[nH]2)cc1. The van der Waals surface area contributed by atoms with Crippen LogP contribution < -0.4 is 0 Å². The van der Waals surface area contributed by atoms with Gasteiger partial charge in [-0.15, -0.1) is 0 Å². The van der Waals surface area contributed by atoms with Crippen molar-refractivity contribution < 1.29 is 0 Å². The fraction of sp³-hybridized carbons (Fsp3) is 0.545. The van der Waals surface area contributed by atoms with Gasteiger partial charge in [-0.1, -0.05) is 73.9 Å². The van der Waals surface area contributed by atoms with Crippen molar-refractivity contribution in [2.45, 2.75) is 83.6 Å². The number of aromatic nitrogens is 2. The summed E-state index contributed by atoms with van der Waals surface area (Å²) in [5.41, 5.74) is 4.73. The number of nitrogens with zero attached hydrogens (tertiary/aromatic N) is 4. The molecule has 2 aromatic carbocycles. The molecule has 3 aromatic rings. The van der Waals surface area contributed by atoms with Crippen molar-refractivity contribution in [3.8, 4) is 0 Å². The lowest BCUT2D eigenvalue weighted by Crippen LogP contribution is -2.46. The normalized spacial score (nSPS) is 21.0. The van der Waals surface area contributed by atoms with E-state index in [0.29, 0.717) is 5.41 Å². The molecule has 0 bridgehead atoms. The summed E-state index contributed by atoms with van der Waals surface area (Å²) < 4.78 is 0. The van der Waals surface area contributed by atoms with Crippen molar-refractivity contribution in [2.24, 2.45) is 5.41 Å². The van der Waals surface area contributed by atoms with Gasteiger partial charge in [0.1, 0.15) is 5.82 Å². The van der Waals surface area contributed by atoms with Gasteiger partial charge in [-0.25, -0.2) is 4.98 Å². The van der Waals surface area contributed by atoms with Crippen LogP contribution in [0.15, 0.2) is 67.0 Å². The molecule has 1 spiro atoms. The molecule has 202 valence electrons. The molecule has 5 heteroatoms. The number of hydrogen-bond acceptors (Lipinski definition) is 4. The van der Waals surface area contributed by atoms with Crippen LogP contribution in [0.1, 0.15) is 73.9 Å². The van der Waals surface area contributed by atoms with Crippen molar-refractivity contribution in [2.75, 3.05) is 26.2 Å². The number of benzene rings is 2. The zero-order chi connectivity index (χ0) is 25.6. The van der Waals surface area contributed by atoms with Crippen LogP contribution in [0.3, 0.4) is 0 Å². The first kappa shape index (κ1) is 25.8. The van der Waals surface area contributed by atoms with Gasteiger partial charge in [0.25, 0.3) is 0 Å². The van der Waals surface area contributed by atoms with E-state index in [2.05, 4.69) is 79.3 Å². The molecule has 38 heavy (non-hydrogen) atoms. The monoisotopic (exact) mass is 511 g/mol. The molecule has 0 amide bonds. The predicted octanol–water partition coefficient (Wildman–Crippen LogP) is 6.23. The summed E-state index contributed by atoms with van der Waals surface area (Å²) >= 11 is 0. The second kappa shape index (κ2) is 12.1. The largest absolute Gasteiger partial charge is 0.348 e. The third-order valence-electron chi connectivity index (χ3n) is 9.48. The van der Waals surface area contributed by atoms with Gasteiger partial charge in [0.2, 0.25) is 0 Å². The van der Waals surface area contributed by atoms with Gasteiger partial charge in [-0.2, -0.15) is 0 Å². The van der Waals surface area contributed by atoms with Gasteiger partial charge in [0.15, 0.2) is 0 Å². The summed E-state index contributed by atoms with van der Waals surface area (Å²) in [5.74, 6) is 1.02. The van der Waals surface area contributed by atoms with Crippen LogP contribution in [0.2, 0.25) is 0 Å². The lowest BCUT2D eigenvalue weighted by molar-refractivity contribution is 0.0615. The Bertz CT molecular complexity index is 1100. The van der Waals surface area contributed by atoms with Crippen molar-refractivity contribution in [1.82, 2.24) is 24.7 Å². The number of hydrogen-bond donors (Lipinski definition) is 1. The molecule has 1 aliphatic carbocycles. The molecule has 5 nitrogen and oxygen atoms in total. The molecule has 3 aliphatic rings. The molecule has 3 heterocycles. The zero-order valence-electron chi connectivity index (χ0n) is 23.0. The van der Waals surface area contributed by atoms with Crippen LogP contribution in [0.5, 0.6) is 0 Å². The maximum Gasteiger partial charge on any atom is 0.120 e. The van der Waals surface area contributed by atoms with Crippen LogP contribution in [0.4, 0.5) is 0 Å². The van der Waals surface area contributed by atoms with Crippen molar-refractivity contribution in [3.63, 3.8) is 0 Å². The minimum absolute atomic E-state index is 0.578. The number of rotatable bonds is 9. The van der Waals surface area contributed by atoms with Gasteiger partial charge < -0.3 is 9.88 Å². The summed E-state index contributed by atoms with van der Waals surface area (Å²) in [6.45, 7) is 8.97. The fourth-order valence-corrected chi connectivity index (χ4v) is 7.25. The molecular formula is C33H45N5. The molecule has 0 radical (unpaired) electrons. The Morgan fingerprint density at radius 1 is 0.789 bits per heavy atom. The maximum atomic E-state index is 4.47. The summed E-state index contributed by atoms with van der Waals surface area (Å²) in [4.78, 5) is 15.8. The Morgan fingerprint density at radius 3 is 2.18 bits per heavy atom. The number of piperidine rings is 1. The molecule has 1 N–H and O–H groups in total. The van der Waals surface area contributed by atoms with E-state index in [9.17, 15) is 0 Å². The highest BCUT2D eigenvalue weighted by atomic mass is 15.2. The Kier molecular flexibility index (Phi) is 8.24. The van der Waals surface area contributed by atoms with E-state index in [1.54, 1.807) is 0 Å². The van der Waals surface area contributed by atoms with Crippen LogP contribution in [0, 0.1) is 5.41 Å². The lowest BCUT2D eigenvalue weighted by Gasteiger charge is -2.43. The van der Waals surface area contributed by atoms with Crippen LogP contribution >= 0.6 is 0 Å². The summed E-state index contributed by atoms with van der Waals surface area (Å²) in [7, 11) is 0. The molecular weight excluding hydrogens is 466 g/mol. The van der Waals surface area contributed by atoms with Gasteiger partial charge >= 0.3 is 0 Å². The van der Waals surface area contributed by atoms with Gasteiger partial charge in [-0.3, -0.25) is 9.80 Å². The number of nitrogens with one attached hydrogen (secondary N) is 1. The highest BCUT2D eigenvalue weighted by molar-refractivity contribution is 5.23. The van der Waals surface area contributed by atoms with E-state index >= 15 is 0 Å². The minimum atomic E-state index is 0.578. The third-order valence-corrected chi connectivity index (χ3v) is 9.48. The standard InChI is InChI=1S/C33H45N5/c1-3-7-28(8-4-1)24-37(26-32-34-18-19-35-32)25-30-13-11-29(12-14-30)23-36-20-15-33(27-36)16-21-38(22-17-33)31-9-5-2-6-10-31/h1,3-4,7-8,11-14,18-19,31H,2,5-6,9-10,15-17,20-27H2,(H,34,35). The zero-order valence-corrected chi connectivity index (χ0v) is 23.0. The second-order valence-electron chi connectivity index (χ2n) is 12.3. The highest BCUT2D eigenvalue weighted by Gasteiger charge is 2.41. The molecule has 0 unspecified atom stereocenters. The van der Waals surface area contributed by atoms with Gasteiger partial charge in [0, 0.05) is 44.6 Å². The number of H-pyrrole nitrogens is 1. The van der Waals surface area contributed by atoms with Crippen LogP contribution in [-0.2, 0) is 26.2 Å². The summed E-state index contributed by atoms with van der Waals surface area (Å²) in [6.07, 6.45) is 15.2. The predicted molar refractivity (Wildman–Crippen MR) is 154 cm³/mol. The average molecular weight is 512 g/mol. The minimum Gasteiger partial charge on any atom is -0.348 e. The molecule has 6 rings (SSSR count). The maximum absolute atomic E-state index is 4.47. The molecule has 1 saturated carbocycles. The van der Waals surface area contributed by atoms with Gasteiger partial charge in [0.05, 0.1) is 6.54 Å². The Labute approximate surface area is 229 Å². The van der Waals surface area contributed by atoms with E-state index < -0.39 is 0 Å². The fourth-order valence-electron chi connectivity index (χ4n) is 7.25. The second-order valence-corrected chi connectivity index (χ2v) is 12.3. The number of aromatic amines is 1. The van der Waals surface area contributed by atoms with Crippen molar-refractivity contribution in [1.29, 1.82) is 0 Å². The summed E-state index contributed by atoms with van der Waals surface area (Å²) in [6, 6.07) is 21.0. The topological polar surface area (TPSA) is 38.4 Å². The van der Waals surface area contributed by atoms with E-state index in [1.807, 2.05) is 12.4 Å². The molecule has 0 atom stereocenters. The average Bonchev–Trinajstić information content (AvgIpc) is 3.61. The van der Waals surface area contributed by atoms with E-state index in [-0.39, 0.29) is 0 Å². The van der Waals surface area contributed by atoms with E-state index in [0.717, 1.165) is 38.0 Å². The first-order valence-corrected chi connectivity index (χ1v) is 15.0. The quantitative estimate of drug-likeness (QED) is 0.369. The van der Waals surface area contributed by atoms with Crippen LogP contribution in [0.25, 0.3) is 0 Å². The first-order chi connectivity index (χ1) is 18.7. The molecule has 3 fully saturated rings. The Hall–Kier alpha value is -2.47. The van der Waals surface area contributed by atoms with E-state index in [4.69, 9.17) is 0 Å². The molecule has 1 aromatic heterocycles. The lowest BCUT2D eigenvalue weighted by atomic mass is 9.77. The summed E-state index contributed by atoms with van der Waals surface area (Å²) in [5, 5.41) is 0. The molecule has 2 aliphatic heterocycles. The number of likely N-dealkylation sites (tertiary alicyclic amines) is 2. The van der Waals surface area contributed by atoms with Gasteiger partial charge in [-0.05, 0) is 73.8 Å². The molecule has 2 saturated heterocycles. The van der Waals surface area contributed by atoms with E-state index in [1.165, 1.54) is 94.2 Å². The van der Waals surface area contributed by atoms with Crippen molar-refractivity contribution >= 4 is 0 Å². The van der Waals surface area contributed by atoms with Crippen molar-refractivity contribution in [3.05, 3.63) is 89.5 Å².